The third kappa shape index (κ3) is 2.96. The molecule has 0 saturated heterocycles. The van der Waals surface area contributed by atoms with Gasteiger partial charge in [-0.15, -0.1) is 0 Å². The lowest BCUT2D eigenvalue weighted by atomic mass is 9.90. The van der Waals surface area contributed by atoms with Crippen molar-refractivity contribution in [2.24, 2.45) is 0 Å². The van der Waals surface area contributed by atoms with Crippen LogP contribution in [-0.2, 0) is 6.54 Å². The summed E-state index contributed by atoms with van der Waals surface area (Å²) in [7, 11) is 0. The van der Waals surface area contributed by atoms with Gasteiger partial charge in [-0.2, -0.15) is 0 Å². The van der Waals surface area contributed by atoms with E-state index in [0.29, 0.717) is 18.5 Å². The quantitative estimate of drug-likeness (QED) is 0.654. The number of nitrogens with zero attached hydrogens (tertiary/aromatic N) is 2. The lowest BCUT2D eigenvalue weighted by Crippen LogP contribution is -2.45. The lowest BCUT2D eigenvalue weighted by molar-refractivity contribution is -0.384. The number of hydrogen-bond acceptors (Lipinski definition) is 4. The van der Waals surface area contributed by atoms with Crippen LogP contribution < -0.4 is 5.32 Å². The Kier molecular flexibility index (Phi) is 3.89. The first-order valence-corrected chi connectivity index (χ1v) is 7.53. The van der Waals surface area contributed by atoms with Crippen molar-refractivity contribution in [1.82, 2.24) is 10.2 Å². The zero-order valence-electron chi connectivity index (χ0n) is 12.4. The van der Waals surface area contributed by atoms with Crippen LogP contribution in [0, 0.1) is 10.1 Å². The molecule has 1 aromatic rings. The molecule has 1 aromatic carbocycles. The van der Waals surface area contributed by atoms with E-state index in [1.165, 1.54) is 12.1 Å². The molecular formula is C15H17N3O5. The van der Waals surface area contributed by atoms with Gasteiger partial charge in [0.25, 0.3) is 11.6 Å². The van der Waals surface area contributed by atoms with Gasteiger partial charge in [0, 0.05) is 30.8 Å². The minimum Gasteiger partial charge on any atom is -0.465 e. The molecule has 1 fully saturated rings. The molecule has 2 amide bonds. The molecular weight excluding hydrogens is 302 g/mol. The largest absolute Gasteiger partial charge is 0.465 e. The molecule has 2 N–H and O–H groups in total. The molecule has 1 aliphatic heterocycles. The van der Waals surface area contributed by atoms with Gasteiger partial charge in [-0.1, -0.05) is 0 Å². The van der Waals surface area contributed by atoms with Gasteiger partial charge in [0.05, 0.1) is 10.5 Å². The van der Waals surface area contributed by atoms with Crippen LogP contribution in [0.2, 0.25) is 0 Å². The lowest BCUT2D eigenvalue weighted by Gasteiger charge is -2.35. The maximum absolute atomic E-state index is 12.6. The molecule has 0 radical (unpaired) electrons. The van der Waals surface area contributed by atoms with Crippen LogP contribution in [0.5, 0.6) is 0 Å². The van der Waals surface area contributed by atoms with Gasteiger partial charge in [-0.05, 0) is 37.3 Å². The molecule has 0 unspecified atom stereocenters. The van der Waals surface area contributed by atoms with Gasteiger partial charge >= 0.3 is 6.09 Å². The fraction of sp³-hybridized carbons (Fsp3) is 0.467. The molecule has 1 saturated carbocycles. The van der Waals surface area contributed by atoms with Crippen molar-refractivity contribution in [3.8, 4) is 0 Å². The molecule has 122 valence electrons. The van der Waals surface area contributed by atoms with Crippen molar-refractivity contribution in [2.75, 3.05) is 0 Å². The number of amides is 2. The number of carbonyl (C=O) groups excluding carboxylic acids is 1. The van der Waals surface area contributed by atoms with Crippen LogP contribution in [0.25, 0.3) is 0 Å². The van der Waals surface area contributed by atoms with Gasteiger partial charge in [-0.3, -0.25) is 14.9 Å². The number of rotatable bonds is 3. The van der Waals surface area contributed by atoms with E-state index in [9.17, 15) is 19.7 Å². The van der Waals surface area contributed by atoms with E-state index in [1.807, 2.05) is 0 Å². The van der Waals surface area contributed by atoms with E-state index in [2.05, 4.69) is 5.32 Å². The standard InChI is InChI=1S/C15H17N3O5/c19-14-13-7-12(18(22)23)5-4-9(13)8-17(14)11-3-1-2-10(6-11)16-15(20)21/h4-5,7,10-11,16H,1-3,6,8H2,(H,20,21)/t10-,11+/m1/s1. The van der Waals surface area contributed by atoms with Crippen LogP contribution in [0.4, 0.5) is 10.5 Å². The van der Waals surface area contributed by atoms with Crippen molar-refractivity contribution in [2.45, 2.75) is 44.3 Å². The smallest absolute Gasteiger partial charge is 0.404 e. The summed E-state index contributed by atoms with van der Waals surface area (Å²) in [6.45, 7) is 0.427. The number of nitrogens with one attached hydrogen (secondary N) is 1. The first-order chi connectivity index (χ1) is 11.0. The Bertz CT molecular complexity index is 675. The third-order valence-electron chi connectivity index (χ3n) is 4.55. The second-order valence-corrected chi connectivity index (χ2v) is 6.00. The second-order valence-electron chi connectivity index (χ2n) is 6.00. The number of benzene rings is 1. The number of non-ortho nitro benzene ring substituents is 1. The molecule has 8 heteroatoms. The Labute approximate surface area is 132 Å². The zero-order valence-corrected chi connectivity index (χ0v) is 12.4. The SMILES string of the molecule is O=C(O)N[C@@H]1CCC[C@H](N2Cc3ccc([N+](=O)[O-])cc3C2=O)C1. The summed E-state index contributed by atoms with van der Waals surface area (Å²) in [6, 6.07) is 4.16. The molecule has 8 nitrogen and oxygen atoms in total. The van der Waals surface area contributed by atoms with Crippen LogP contribution in [0.3, 0.4) is 0 Å². The number of nitro groups is 1. The Morgan fingerprint density at radius 1 is 1.39 bits per heavy atom. The van der Waals surface area contributed by atoms with E-state index >= 15 is 0 Å². The van der Waals surface area contributed by atoms with Crippen LogP contribution in [-0.4, -0.2) is 39.0 Å². The van der Waals surface area contributed by atoms with Crippen LogP contribution in [0.15, 0.2) is 18.2 Å². The number of fused-ring (bicyclic) bond motifs is 1. The molecule has 2 aliphatic rings. The third-order valence-corrected chi connectivity index (χ3v) is 4.55. The summed E-state index contributed by atoms with van der Waals surface area (Å²) in [5.74, 6) is -0.204. The zero-order chi connectivity index (χ0) is 16.6. The van der Waals surface area contributed by atoms with Crippen molar-refractivity contribution < 1.29 is 19.6 Å². The van der Waals surface area contributed by atoms with Gasteiger partial charge in [0.2, 0.25) is 0 Å². The highest BCUT2D eigenvalue weighted by Crippen LogP contribution is 2.32. The van der Waals surface area contributed by atoms with Crippen molar-refractivity contribution in [3.05, 3.63) is 39.4 Å². The summed E-state index contributed by atoms with van der Waals surface area (Å²) < 4.78 is 0. The highest BCUT2D eigenvalue weighted by atomic mass is 16.6. The molecule has 1 heterocycles. The molecule has 1 aliphatic carbocycles. The summed E-state index contributed by atoms with van der Waals surface area (Å²) in [5, 5.41) is 22.2. The first-order valence-electron chi connectivity index (χ1n) is 7.53. The van der Waals surface area contributed by atoms with E-state index in [1.54, 1.807) is 11.0 Å². The van der Waals surface area contributed by atoms with Crippen LogP contribution >= 0.6 is 0 Å². The number of carboxylic acid groups (broad SMARTS) is 1. The Balaban J connectivity index is 1.76. The maximum Gasteiger partial charge on any atom is 0.404 e. The molecule has 0 spiro atoms. The van der Waals surface area contributed by atoms with Gasteiger partial charge in [0.1, 0.15) is 0 Å². The van der Waals surface area contributed by atoms with Crippen molar-refractivity contribution in [3.63, 3.8) is 0 Å². The molecule has 2 atom stereocenters. The van der Waals surface area contributed by atoms with E-state index in [4.69, 9.17) is 5.11 Å². The monoisotopic (exact) mass is 319 g/mol. The average Bonchev–Trinajstić information content (AvgIpc) is 2.83. The fourth-order valence-corrected chi connectivity index (χ4v) is 3.47. The maximum atomic E-state index is 12.6. The highest BCUT2D eigenvalue weighted by molar-refractivity contribution is 5.99. The number of nitro benzene ring substituents is 1. The average molecular weight is 319 g/mol. The first kappa shape index (κ1) is 15.3. The van der Waals surface area contributed by atoms with Crippen LogP contribution in [0.1, 0.15) is 41.6 Å². The molecule has 0 bridgehead atoms. The Hall–Kier alpha value is -2.64. The molecule has 0 aromatic heterocycles. The predicted molar refractivity (Wildman–Crippen MR) is 80.2 cm³/mol. The number of hydrogen-bond donors (Lipinski definition) is 2. The number of carbonyl (C=O) groups is 2. The van der Waals surface area contributed by atoms with Gasteiger partial charge < -0.3 is 15.3 Å². The summed E-state index contributed by atoms with van der Waals surface area (Å²) in [6.07, 6.45) is 1.95. The van der Waals surface area contributed by atoms with Gasteiger partial charge in [0.15, 0.2) is 0 Å². The topological polar surface area (TPSA) is 113 Å². The van der Waals surface area contributed by atoms with Crippen molar-refractivity contribution >= 4 is 17.7 Å². The normalized spacial score (nSPS) is 23.5. The van der Waals surface area contributed by atoms with E-state index in [0.717, 1.165) is 24.8 Å². The molecule has 23 heavy (non-hydrogen) atoms. The van der Waals surface area contributed by atoms with Gasteiger partial charge in [-0.25, -0.2) is 4.79 Å². The van der Waals surface area contributed by atoms with Crippen molar-refractivity contribution in [1.29, 1.82) is 0 Å². The predicted octanol–water partition coefficient (Wildman–Crippen LogP) is 2.13. The minimum absolute atomic E-state index is 0.0421. The Morgan fingerprint density at radius 3 is 2.87 bits per heavy atom. The summed E-state index contributed by atoms with van der Waals surface area (Å²) >= 11 is 0. The summed E-state index contributed by atoms with van der Waals surface area (Å²) in [4.78, 5) is 35.4. The highest BCUT2D eigenvalue weighted by Gasteiger charge is 2.36. The molecule has 3 rings (SSSR count). The minimum atomic E-state index is -1.05. The second kappa shape index (κ2) is 5.86. The summed E-state index contributed by atoms with van der Waals surface area (Å²) in [5.41, 5.74) is 1.08. The van der Waals surface area contributed by atoms with E-state index < -0.39 is 11.0 Å². The fourth-order valence-electron chi connectivity index (χ4n) is 3.47. The van der Waals surface area contributed by atoms with E-state index in [-0.39, 0.29) is 23.7 Å². The Morgan fingerprint density at radius 2 is 2.17 bits per heavy atom.